The Morgan fingerprint density at radius 1 is 1.33 bits per heavy atom. The van der Waals surface area contributed by atoms with Crippen molar-refractivity contribution in [3.8, 4) is 0 Å². The van der Waals surface area contributed by atoms with Gasteiger partial charge in [0.25, 0.3) is 5.56 Å². The van der Waals surface area contributed by atoms with Gasteiger partial charge < -0.3 is 4.42 Å². The summed E-state index contributed by atoms with van der Waals surface area (Å²) in [6, 6.07) is 9.61. The SMILES string of the molecule is C/C(=N/Nc1nnc(C)c(=O)[nH]1)c1cc2ccccc2o1. The zero-order chi connectivity index (χ0) is 14.8. The van der Waals surface area contributed by atoms with Crippen molar-refractivity contribution in [1.29, 1.82) is 0 Å². The molecule has 2 heterocycles. The maximum atomic E-state index is 11.4. The number of aromatic amines is 1. The van der Waals surface area contributed by atoms with Crippen molar-refractivity contribution in [3.63, 3.8) is 0 Å². The van der Waals surface area contributed by atoms with E-state index in [4.69, 9.17) is 4.42 Å². The van der Waals surface area contributed by atoms with Gasteiger partial charge in [-0.15, -0.1) is 10.2 Å². The number of para-hydroxylation sites is 1. The average molecular weight is 283 g/mol. The molecule has 0 radical (unpaired) electrons. The number of H-pyrrole nitrogens is 1. The maximum absolute atomic E-state index is 11.4. The van der Waals surface area contributed by atoms with Gasteiger partial charge in [-0.1, -0.05) is 18.2 Å². The first kappa shape index (κ1) is 13.0. The molecule has 0 unspecified atom stereocenters. The monoisotopic (exact) mass is 283 g/mol. The standard InChI is InChI=1S/C14H13N5O2/c1-8(12-7-10-5-3-4-6-11(10)21-12)16-18-14-15-13(20)9(2)17-19-14/h3-7H,1-2H3,(H2,15,18,19,20)/b16-8-. The summed E-state index contributed by atoms with van der Waals surface area (Å²) in [5.41, 5.74) is 4.09. The number of hydrazone groups is 1. The van der Waals surface area contributed by atoms with E-state index in [0.717, 1.165) is 11.0 Å². The van der Waals surface area contributed by atoms with Gasteiger partial charge in [-0.05, 0) is 26.0 Å². The van der Waals surface area contributed by atoms with Crippen LogP contribution in [0.2, 0.25) is 0 Å². The fraction of sp³-hybridized carbons (Fsp3) is 0.143. The van der Waals surface area contributed by atoms with E-state index in [1.54, 1.807) is 13.8 Å². The van der Waals surface area contributed by atoms with Crippen LogP contribution in [0.25, 0.3) is 11.0 Å². The van der Waals surface area contributed by atoms with Gasteiger partial charge in [0.05, 0.1) is 0 Å². The van der Waals surface area contributed by atoms with Crippen molar-refractivity contribution in [3.05, 3.63) is 52.1 Å². The normalized spacial score (nSPS) is 11.8. The highest BCUT2D eigenvalue weighted by atomic mass is 16.3. The molecule has 0 saturated carbocycles. The molecule has 0 bridgehead atoms. The van der Waals surface area contributed by atoms with Crippen molar-refractivity contribution < 1.29 is 4.42 Å². The van der Waals surface area contributed by atoms with Crippen molar-refractivity contribution >= 4 is 22.6 Å². The minimum absolute atomic E-state index is 0.182. The average Bonchev–Trinajstić information content (AvgIpc) is 2.92. The summed E-state index contributed by atoms with van der Waals surface area (Å²) in [7, 11) is 0. The van der Waals surface area contributed by atoms with Crippen LogP contribution in [0.4, 0.5) is 5.95 Å². The molecule has 106 valence electrons. The highest BCUT2D eigenvalue weighted by molar-refractivity contribution is 5.99. The second-order valence-corrected chi connectivity index (χ2v) is 4.55. The van der Waals surface area contributed by atoms with Crippen molar-refractivity contribution in [2.24, 2.45) is 5.10 Å². The number of anilines is 1. The van der Waals surface area contributed by atoms with Crippen molar-refractivity contribution in [2.75, 3.05) is 5.43 Å². The Hall–Kier alpha value is -2.96. The molecule has 0 spiro atoms. The number of aryl methyl sites for hydroxylation is 1. The van der Waals surface area contributed by atoms with Crippen molar-refractivity contribution in [1.82, 2.24) is 15.2 Å². The molecule has 3 aromatic rings. The van der Waals surface area contributed by atoms with Gasteiger partial charge in [0.2, 0.25) is 5.95 Å². The predicted molar refractivity (Wildman–Crippen MR) is 79.4 cm³/mol. The van der Waals surface area contributed by atoms with E-state index in [2.05, 4.69) is 25.7 Å². The van der Waals surface area contributed by atoms with Crippen LogP contribution >= 0.6 is 0 Å². The molecule has 2 N–H and O–H groups in total. The number of furan rings is 1. The van der Waals surface area contributed by atoms with Gasteiger partial charge in [-0.3, -0.25) is 9.78 Å². The van der Waals surface area contributed by atoms with Crippen LogP contribution < -0.4 is 11.0 Å². The third-order valence-corrected chi connectivity index (χ3v) is 2.97. The molecular weight excluding hydrogens is 270 g/mol. The van der Waals surface area contributed by atoms with Crippen LogP contribution in [0, 0.1) is 6.92 Å². The second kappa shape index (κ2) is 5.20. The highest BCUT2D eigenvalue weighted by Crippen LogP contribution is 2.19. The van der Waals surface area contributed by atoms with Gasteiger partial charge in [-0.2, -0.15) is 5.10 Å². The van der Waals surface area contributed by atoms with E-state index in [1.807, 2.05) is 30.3 Å². The van der Waals surface area contributed by atoms with E-state index < -0.39 is 0 Å². The Balaban J connectivity index is 1.85. The number of aromatic nitrogens is 3. The fourth-order valence-corrected chi connectivity index (χ4v) is 1.80. The molecule has 7 heteroatoms. The minimum Gasteiger partial charge on any atom is -0.455 e. The van der Waals surface area contributed by atoms with Crippen LogP contribution in [0.5, 0.6) is 0 Å². The summed E-state index contributed by atoms with van der Waals surface area (Å²) in [5.74, 6) is 0.826. The minimum atomic E-state index is -0.302. The lowest BCUT2D eigenvalue weighted by atomic mass is 10.2. The number of fused-ring (bicyclic) bond motifs is 1. The van der Waals surface area contributed by atoms with Crippen LogP contribution in [-0.4, -0.2) is 20.9 Å². The lowest BCUT2D eigenvalue weighted by molar-refractivity contribution is 0.604. The molecule has 0 aliphatic heterocycles. The Bertz CT molecular complexity index is 845. The number of nitrogens with one attached hydrogen (secondary N) is 2. The summed E-state index contributed by atoms with van der Waals surface area (Å²) in [5, 5.41) is 12.6. The number of rotatable bonds is 3. The Kier molecular flexibility index (Phi) is 3.23. The molecule has 1 aromatic carbocycles. The third-order valence-electron chi connectivity index (χ3n) is 2.97. The Labute approximate surface area is 119 Å². The topological polar surface area (TPSA) is 96.2 Å². The molecule has 0 saturated heterocycles. The van der Waals surface area contributed by atoms with Crippen LogP contribution in [0.15, 0.2) is 44.6 Å². The van der Waals surface area contributed by atoms with Gasteiger partial charge >= 0.3 is 0 Å². The van der Waals surface area contributed by atoms with E-state index in [1.165, 1.54) is 0 Å². The zero-order valence-electron chi connectivity index (χ0n) is 11.5. The zero-order valence-corrected chi connectivity index (χ0v) is 11.5. The molecule has 7 nitrogen and oxygen atoms in total. The first-order chi connectivity index (χ1) is 10.1. The number of hydrogen-bond acceptors (Lipinski definition) is 6. The molecule has 3 rings (SSSR count). The molecule has 0 aliphatic rings. The molecule has 0 amide bonds. The number of benzene rings is 1. The van der Waals surface area contributed by atoms with E-state index in [9.17, 15) is 4.79 Å². The van der Waals surface area contributed by atoms with Crippen LogP contribution in [0.3, 0.4) is 0 Å². The fourth-order valence-electron chi connectivity index (χ4n) is 1.80. The molecular formula is C14H13N5O2. The molecule has 0 aliphatic carbocycles. The summed E-state index contributed by atoms with van der Waals surface area (Å²) in [6.45, 7) is 3.38. The summed E-state index contributed by atoms with van der Waals surface area (Å²) in [6.07, 6.45) is 0. The molecule has 21 heavy (non-hydrogen) atoms. The van der Waals surface area contributed by atoms with Gasteiger partial charge in [0.15, 0.2) is 5.76 Å². The van der Waals surface area contributed by atoms with Crippen molar-refractivity contribution in [2.45, 2.75) is 13.8 Å². The molecule has 0 atom stereocenters. The maximum Gasteiger partial charge on any atom is 0.274 e. The van der Waals surface area contributed by atoms with Crippen LogP contribution in [0.1, 0.15) is 18.4 Å². The number of hydrogen-bond donors (Lipinski definition) is 2. The highest BCUT2D eigenvalue weighted by Gasteiger charge is 2.06. The lowest BCUT2D eigenvalue weighted by Crippen LogP contribution is -2.15. The van der Waals surface area contributed by atoms with Crippen LogP contribution in [-0.2, 0) is 0 Å². The Morgan fingerprint density at radius 2 is 2.14 bits per heavy atom. The lowest BCUT2D eigenvalue weighted by Gasteiger charge is -1.99. The largest absolute Gasteiger partial charge is 0.455 e. The summed E-state index contributed by atoms with van der Waals surface area (Å²) >= 11 is 0. The van der Waals surface area contributed by atoms with Gasteiger partial charge in [0.1, 0.15) is 17.0 Å². The second-order valence-electron chi connectivity index (χ2n) is 4.55. The smallest absolute Gasteiger partial charge is 0.274 e. The quantitative estimate of drug-likeness (QED) is 0.566. The summed E-state index contributed by atoms with van der Waals surface area (Å²) < 4.78 is 5.68. The van der Waals surface area contributed by atoms with E-state index >= 15 is 0 Å². The first-order valence-corrected chi connectivity index (χ1v) is 6.36. The molecule has 2 aromatic heterocycles. The third kappa shape index (κ3) is 2.66. The Morgan fingerprint density at radius 3 is 2.90 bits per heavy atom. The molecule has 0 fully saturated rings. The number of nitrogens with zero attached hydrogens (tertiary/aromatic N) is 3. The van der Waals surface area contributed by atoms with Gasteiger partial charge in [-0.25, -0.2) is 5.43 Å². The first-order valence-electron chi connectivity index (χ1n) is 6.36. The van der Waals surface area contributed by atoms with E-state index in [0.29, 0.717) is 17.2 Å². The van der Waals surface area contributed by atoms with E-state index in [-0.39, 0.29) is 11.5 Å². The summed E-state index contributed by atoms with van der Waals surface area (Å²) in [4.78, 5) is 13.9. The predicted octanol–water partition coefficient (Wildman–Crippen LogP) is 2.06. The van der Waals surface area contributed by atoms with Gasteiger partial charge in [0, 0.05) is 5.39 Å².